The summed E-state index contributed by atoms with van der Waals surface area (Å²) in [7, 11) is 0. The second-order valence-corrected chi connectivity index (χ2v) is 8.46. The van der Waals surface area contributed by atoms with Crippen molar-refractivity contribution in [2.24, 2.45) is 5.92 Å². The van der Waals surface area contributed by atoms with Gasteiger partial charge >= 0.3 is 5.97 Å². The molecule has 192 valence electrons. The van der Waals surface area contributed by atoms with Gasteiger partial charge in [-0.05, 0) is 0 Å². The highest BCUT2D eigenvalue weighted by Gasteiger charge is 2.58. The normalized spacial score (nSPS) is 48.0. The highest BCUT2D eigenvalue weighted by atomic mass is 16.7. The third kappa shape index (κ3) is 5.30. The van der Waals surface area contributed by atoms with E-state index in [9.17, 15) is 55.9 Å². The molecule has 2 aliphatic heterocycles. The average Bonchev–Trinajstić information content (AvgIpc) is 3.11. The van der Waals surface area contributed by atoms with Crippen molar-refractivity contribution in [3.8, 4) is 0 Å². The molecule has 15 nitrogen and oxygen atoms in total. The summed E-state index contributed by atoms with van der Waals surface area (Å²) in [4.78, 5) is 11.6. The number of aliphatic hydroxyl groups is 9. The van der Waals surface area contributed by atoms with Gasteiger partial charge in [0.15, 0.2) is 18.4 Å². The molecule has 3 rings (SSSR count). The van der Waals surface area contributed by atoms with Crippen LogP contribution in [0.5, 0.6) is 0 Å². The SMILES string of the molecule is O=C(O)C1CC(O)(O)C(O[C@@H]2OC(CO)[C@H](O)[C@H](O)C2O)C(O[C@H]2CC(O)[C@H](CO)O2)[C@@H]1O. The fraction of sp³-hybridized carbons (Fsp3) is 0.944. The Morgan fingerprint density at radius 1 is 0.879 bits per heavy atom. The second kappa shape index (κ2) is 10.3. The van der Waals surface area contributed by atoms with Gasteiger partial charge < -0.3 is 70.0 Å². The molecular formula is C18H30O15. The summed E-state index contributed by atoms with van der Waals surface area (Å²) in [5.41, 5.74) is 0. The summed E-state index contributed by atoms with van der Waals surface area (Å²) < 4.78 is 21.4. The number of carboxylic acids is 1. The Kier molecular flexibility index (Phi) is 8.28. The first-order valence-corrected chi connectivity index (χ1v) is 10.3. The molecule has 0 aromatic heterocycles. The van der Waals surface area contributed by atoms with Crippen LogP contribution >= 0.6 is 0 Å². The van der Waals surface area contributed by atoms with Crippen molar-refractivity contribution in [3.63, 3.8) is 0 Å². The van der Waals surface area contributed by atoms with Crippen molar-refractivity contribution >= 4 is 5.97 Å². The van der Waals surface area contributed by atoms with E-state index in [0.29, 0.717) is 0 Å². The smallest absolute Gasteiger partial charge is 0.309 e. The maximum absolute atomic E-state index is 11.6. The van der Waals surface area contributed by atoms with Crippen LogP contribution in [0, 0.1) is 5.92 Å². The fourth-order valence-electron chi connectivity index (χ4n) is 4.25. The third-order valence-corrected chi connectivity index (χ3v) is 6.15. The van der Waals surface area contributed by atoms with Gasteiger partial charge in [0.2, 0.25) is 0 Å². The maximum Gasteiger partial charge on any atom is 0.309 e. The summed E-state index contributed by atoms with van der Waals surface area (Å²) >= 11 is 0. The molecule has 0 aromatic carbocycles. The van der Waals surface area contributed by atoms with Gasteiger partial charge in [-0.1, -0.05) is 0 Å². The Labute approximate surface area is 186 Å². The molecule has 6 unspecified atom stereocenters. The number of aliphatic hydroxyl groups excluding tert-OH is 7. The Bertz CT molecular complexity index is 673. The zero-order chi connectivity index (χ0) is 24.7. The van der Waals surface area contributed by atoms with E-state index in [2.05, 4.69) is 0 Å². The lowest BCUT2D eigenvalue weighted by Crippen LogP contribution is -2.67. The van der Waals surface area contributed by atoms with Gasteiger partial charge in [-0.25, -0.2) is 0 Å². The Balaban J connectivity index is 1.86. The average molecular weight is 486 g/mol. The minimum atomic E-state index is -2.96. The maximum atomic E-state index is 11.6. The molecule has 1 aliphatic carbocycles. The van der Waals surface area contributed by atoms with Crippen LogP contribution in [0.3, 0.4) is 0 Å². The summed E-state index contributed by atoms with van der Waals surface area (Å²) in [5, 5.41) is 99.6. The molecule has 2 saturated heterocycles. The van der Waals surface area contributed by atoms with E-state index in [1.54, 1.807) is 0 Å². The van der Waals surface area contributed by atoms with E-state index in [1.807, 2.05) is 0 Å². The lowest BCUT2D eigenvalue weighted by molar-refractivity contribution is -0.380. The number of carbonyl (C=O) groups is 1. The standard InChI is InChI=1S/C18H30O15/c19-3-7-6(21)1-9(30-7)32-14-10(22)5(16(26)27)2-18(28,29)15(14)33-17-13(25)12(24)11(23)8(4-20)31-17/h5-15,17,19-25,28-29H,1-4H2,(H,26,27)/t5?,6?,7-,8?,9-,10+,11-,12-,13?,14?,15?,17-/m0/s1. The van der Waals surface area contributed by atoms with Crippen LogP contribution in [0.15, 0.2) is 0 Å². The lowest BCUT2D eigenvalue weighted by atomic mass is 9.78. The first kappa shape index (κ1) is 26.6. The van der Waals surface area contributed by atoms with Gasteiger partial charge in [0.1, 0.15) is 42.7 Å². The third-order valence-electron chi connectivity index (χ3n) is 6.15. The number of hydrogen-bond acceptors (Lipinski definition) is 14. The van der Waals surface area contributed by atoms with Crippen molar-refractivity contribution in [1.29, 1.82) is 0 Å². The largest absolute Gasteiger partial charge is 0.481 e. The molecule has 0 bridgehead atoms. The minimum Gasteiger partial charge on any atom is -0.481 e. The van der Waals surface area contributed by atoms with Crippen LogP contribution in [0.2, 0.25) is 0 Å². The van der Waals surface area contributed by atoms with Gasteiger partial charge in [-0.2, -0.15) is 0 Å². The quantitative estimate of drug-likeness (QED) is 0.150. The first-order chi connectivity index (χ1) is 15.4. The van der Waals surface area contributed by atoms with Gasteiger partial charge in [-0.15, -0.1) is 0 Å². The number of rotatable bonds is 7. The minimum absolute atomic E-state index is 0.206. The summed E-state index contributed by atoms with van der Waals surface area (Å²) in [6, 6.07) is 0. The van der Waals surface area contributed by atoms with Gasteiger partial charge in [0, 0.05) is 12.8 Å². The highest BCUT2D eigenvalue weighted by Crippen LogP contribution is 2.39. The van der Waals surface area contributed by atoms with Crippen LogP contribution in [0.25, 0.3) is 0 Å². The summed E-state index contributed by atoms with van der Waals surface area (Å²) in [5.74, 6) is -6.26. The summed E-state index contributed by atoms with van der Waals surface area (Å²) in [6.45, 7) is -1.36. The van der Waals surface area contributed by atoms with Gasteiger partial charge in [0.05, 0.1) is 31.3 Å². The number of hydrogen-bond donors (Lipinski definition) is 10. The predicted octanol–water partition coefficient (Wildman–Crippen LogP) is -5.83. The zero-order valence-electron chi connectivity index (χ0n) is 17.3. The molecule has 2 heterocycles. The van der Waals surface area contributed by atoms with Crippen LogP contribution in [-0.4, -0.2) is 144 Å². The van der Waals surface area contributed by atoms with Crippen molar-refractivity contribution in [3.05, 3.63) is 0 Å². The van der Waals surface area contributed by atoms with Gasteiger partial charge in [-0.3, -0.25) is 4.79 Å². The van der Waals surface area contributed by atoms with Crippen molar-refractivity contribution in [1.82, 2.24) is 0 Å². The van der Waals surface area contributed by atoms with Crippen molar-refractivity contribution in [2.45, 2.75) is 86.1 Å². The fourth-order valence-corrected chi connectivity index (χ4v) is 4.25. The van der Waals surface area contributed by atoms with Crippen LogP contribution < -0.4 is 0 Å². The molecule has 33 heavy (non-hydrogen) atoms. The van der Waals surface area contributed by atoms with E-state index in [0.717, 1.165) is 0 Å². The predicted molar refractivity (Wildman–Crippen MR) is 98.8 cm³/mol. The topological polar surface area (TPSA) is 256 Å². The number of carboxylic acid groups (broad SMARTS) is 1. The number of aliphatic carboxylic acids is 1. The summed E-state index contributed by atoms with van der Waals surface area (Å²) in [6.07, 6.45) is -19.1. The molecule has 15 heteroatoms. The Morgan fingerprint density at radius 3 is 2.06 bits per heavy atom. The van der Waals surface area contributed by atoms with Crippen molar-refractivity contribution < 1.29 is 74.8 Å². The Morgan fingerprint density at radius 2 is 1.52 bits per heavy atom. The van der Waals surface area contributed by atoms with E-state index in [1.165, 1.54) is 0 Å². The molecule has 3 fully saturated rings. The molecule has 0 spiro atoms. The molecule has 1 saturated carbocycles. The lowest BCUT2D eigenvalue weighted by Gasteiger charge is -2.48. The van der Waals surface area contributed by atoms with Crippen molar-refractivity contribution in [2.75, 3.05) is 13.2 Å². The molecular weight excluding hydrogens is 456 g/mol. The number of ether oxygens (including phenoxy) is 4. The van der Waals surface area contributed by atoms with Crippen LogP contribution in [0.4, 0.5) is 0 Å². The molecule has 3 aliphatic rings. The molecule has 12 atom stereocenters. The van der Waals surface area contributed by atoms with E-state index >= 15 is 0 Å². The molecule has 0 radical (unpaired) electrons. The monoisotopic (exact) mass is 486 g/mol. The Hall–Kier alpha value is -1.05. The first-order valence-electron chi connectivity index (χ1n) is 10.3. The van der Waals surface area contributed by atoms with Crippen LogP contribution in [-0.2, 0) is 23.7 Å². The second-order valence-electron chi connectivity index (χ2n) is 8.46. The van der Waals surface area contributed by atoms with E-state index in [-0.39, 0.29) is 6.42 Å². The van der Waals surface area contributed by atoms with E-state index < -0.39 is 105 Å². The molecule has 0 aromatic rings. The molecule has 10 N–H and O–H groups in total. The van der Waals surface area contributed by atoms with Gasteiger partial charge in [0.25, 0.3) is 0 Å². The molecule has 0 amide bonds. The zero-order valence-corrected chi connectivity index (χ0v) is 17.3. The van der Waals surface area contributed by atoms with E-state index in [4.69, 9.17) is 18.9 Å². The van der Waals surface area contributed by atoms with Crippen LogP contribution in [0.1, 0.15) is 12.8 Å². The highest BCUT2D eigenvalue weighted by molar-refractivity contribution is 5.71.